The van der Waals surface area contributed by atoms with Crippen molar-refractivity contribution in [1.29, 1.82) is 0 Å². The summed E-state index contributed by atoms with van der Waals surface area (Å²) in [6, 6.07) is -0.0149. The van der Waals surface area contributed by atoms with Crippen LogP contribution in [0.1, 0.15) is 23.4 Å². The molecule has 1 aromatic heterocycles. The lowest BCUT2D eigenvalue weighted by atomic mass is 10.0. The second-order valence-corrected chi connectivity index (χ2v) is 5.73. The van der Waals surface area contributed by atoms with E-state index in [1.165, 1.54) is 12.6 Å². The number of morpholine rings is 1. The Balaban J connectivity index is 1.68. The van der Waals surface area contributed by atoms with E-state index in [0.29, 0.717) is 39.1 Å². The van der Waals surface area contributed by atoms with Crippen molar-refractivity contribution in [2.45, 2.75) is 25.0 Å². The molecule has 2 atom stereocenters. The maximum absolute atomic E-state index is 12.4. The maximum Gasteiger partial charge on any atom is 0.291 e. The van der Waals surface area contributed by atoms with E-state index in [1.807, 2.05) is 4.90 Å². The number of hydrogen-bond acceptors (Lipinski definition) is 6. The summed E-state index contributed by atoms with van der Waals surface area (Å²) in [5.41, 5.74) is 0. The van der Waals surface area contributed by atoms with E-state index >= 15 is 0 Å². The van der Waals surface area contributed by atoms with Crippen LogP contribution in [-0.2, 0) is 14.3 Å². The molecule has 0 aliphatic carbocycles. The van der Waals surface area contributed by atoms with Crippen molar-refractivity contribution in [3.8, 4) is 0 Å². The van der Waals surface area contributed by atoms with Crippen molar-refractivity contribution in [3.63, 3.8) is 0 Å². The fourth-order valence-electron chi connectivity index (χ4n) is 3.22. The van der Waals surface area contributed by atoms with Gasteiger partial charge in [-0.3, -0.25) is 9.59 Å². The van der Waals surface area contributed by atoms with Gasteiger partial charge in [0, 0.05) is 26.7 Å². The maximum atomic E-state index is 12.4. The summed E-state index contributed by atoms with van der Waals surface area (Å²) >= 11 is 0. The number of hydrogen-bond donors (Lipinski definition) is 0. The SMILES string of the molecule is COCCN1C(=O)CO[C@H]2CCN(C(=O)c3cnco3)CC[C@@H]21. The summed E-state index contributed by atoms with van der Waals surface area (Å²) in [7, 11) is 1.62. The van der Waals surface area contributed by atoms with Gasteiger partial charge < -0.3 is 23.7 Å². The third kappa shape index (κ3) is 3.37. The molecule has 3 rings (SSSR count). The number of methoxy groups -OCH3 is 1. The molecule has 126 valence electrons. The second kappa shape index (κ2) is 7.10. The first-order chi connectivity index (χ1) is 11.2. The van der Waals surface area contributed by atoms with E-state index in [4.69, 9.17) is 13.9 Å². The Kier molecular flexibility index (Phi) is 4.92. The van der Waals surface area contributed by atoms with E-state index in [9.17, 15) is 9.59 Å². The average Bonchev–Trinajstić information content (AvgIpc) is 3.01. The van der Waals surface area contributed by atoms with E-state index in [0.717, 1.165) is 0 Å². The zero-order chi connectivity index (χ0) is 16.2. The Hall–Kier alpha value is -1.93. The third-order valence-electron chi connectivity index (χ3n) is 4.42. The van der Waals surface area contributed by atoms with Crippen LogP contribution in [0.4, 0.5) is 0 Å². The molecule has 23 heavy (non-hydrogen) atoms. The fourth-order valence-corrected chi connectivity index (χ4v) is 3.22. The minimum Gasteiger partial charge on any atom is -0.438 e. The van der Waals surface area contributed by atoms with Crippen LogP contribution in [-0.4, -0.2) is 78.7 Å². The molecule has 2 saturated heterocycles. The van der Waals surface area contributed by atoms with Gasteiger partial charge in [0.25, 0.3) is 5.91 Å². The first kappa shape index (κ1) is 15.9. The van der Waals surface area contributed by atoms with Crippen LogP contribution >= 0.6 is 0 Å². The molecule has 0 radical (unpaired) electrons. The molecule has 0 bridgehead atoms. The fraction of sp³-hybridized carbons (Fsp3) is 0.667. The molecule has 1 aromatic rings. The lowest BCUT2D eigenvalue weighted by Gasteiger charge is -2.40. The average molecular weight is 323 g/mol. The van der Waals surface area contributed by atoms with Gasteiger partial charge >= 0.3 is 0 Å². The molecule has 2 fully saturated rings. The van der Waals surface area contributed by atoms with E-state index in [1.54, 1.807) is 12.0 Å². The number of carbonyl (C=O) groups is 2. The Morgan fingerprint density at radius 2 is 2.26 bits per heavy atom. The lowest BCUT2D eigenvalue weighted by Crippen LogP contribution is -2.55. The molecule has 8 heteroatoms. The van der Waals surface area contributed by atoms with Crippen LogP contribution < -0.4 is 0 Å². The Morgan fingerprint density at radius 1 is 1.43 bits per heavy atom. The zero-order valence-electron chi connectivity index (χ0n) is 13.1. The Morgan fingerprint density at radius 3 is 3.00 bits per heavy atom. The number of oxazole rings is 1. The summed E-state index contributed by atoms with van der Waals surface area (Å²) in [6.45, 7) is 2.28. The number of aromatic nitrogens is 1. The van der Waals surface area contributed by atoms with Crippen LogP contribution in [0.5, 0.6) is 0 Å². The number of carbonyl (C=O) groups excluding carboxylic acids is 2. The number of rotatable bonds is 4. The predicted molar refractivity (Wildman–Crippen MR) is 78.8 cm³/mol. The third-order valence-corrected chi connectivity index (χ3v) is 4.42. The molecule has 0 saturated carbocycles. The van der Waals surface area contributed by atoms with Crippen molar-refractivity contribution in [1.82, 2.24) is 14.8 Å². The number of nitrogens with zero attached hydrogens (tertiary/aromatic N) is 3. The van der Waals surface area contributed by atoms with Gasteiger partial charge in [0.05, 0.1) is 24.9 Å². The number of fused-ring (bicyclic) bond motifs is 1. The van der Waals surface area contributed by atoms with Gasteiger partial charge in [-0.05, 0) is 12.8 Å². The minimum atomic E-state index is -0.170. The summed E-state index contributed by atoms with van der Waals surface area (Å²) in [6.07, 6.45) is 4.00. The molecule has 0 aromatic carbocycles. The van der Waals surface area contributed by atoms with Crippen LogP contribution in [0.3, 0.4) is 0 Å². The highest BCUT2D eigenvalue weighted by Crippen LogP contribution is 2.25. The van der Waals surface area contributed by atoms with Gasteiger partial charge in [-0.1, -0.05) is 0 Å². The van der Waals surface area contributed by atoms with Gasteiger partial charge in [0.15, 0.2) is 6.39 Å². The molecular weight excluding hydrogens is 302 g/mol. The lowest BCUT2D eigenvalue weighted by molar-refractivity contribution is -0.158. The van der Waals surface area contributed by atoms with Crippen LogP contribution in [0.25, 0.3) is 0 Å². The second-order valence-electron chi connectivity index (χ2n) is 5.73. The number of ether oxygens (including phenoxy) is 2. The van der Waals surface area contributed by atoms with E-state index in [-0.39, 0.29) is 36.3 Å². The largest absolute Gasteiger partial charge is 0.438 e. The van der Waals surface area contributed by atoms with Crippen LogP contribution in [0, 0.1) is 0 Å². The van der Waals surface area contributed by atoms with Crippen molar-refractivity contribution in [3.05, 3.63) is 18.4 Å². The van der Waals surface area contributed by atoms with Gasteiger partial charge in [0.1, 0.15) is 6.61 Å². The molecule has 8 nitrogen and oxygen atoms in total. The monoisotopic (exact) mass is 323 g/mol. The Labute approximate surface area is 134 Å². The highest BCUT2D eigenvalue weighted by molar-refractivity contribution is 5.91. The van der Waals surface area contributed by atoms with Crippen molar-refractivity contribution in [2.75, 3.05) is 40.0 Å². The molecule has 0 spiro atoms. The van der Waals surface area contributed by atoms with E-state index in [2.05, 4.69) is 4.98 Å². The number of likely N-dealkylation sites (tertiary alicyclic amines) is 1. The summed E-state index contributed by atoms with van der Waals surface area (Å²) in [4.78, 5) is 31.9. The molecular formula is C15H21N3O5. The van der Waals surface area contributed by atoms with Gasteiger partial charge in [-0.25, -0.2) is 4.98 Å². The van der Waals surface area contributed by atoms with Gasteiger partial charge in [0.2, 0.25) is 11.7 Å². The molecule has 2 amide bonds. The van der Waals surface area contributed by atoms with Crippen molar-refractivity contribution in [2.24, 2.45) is 0 Å². The first-order valence-electron chi connectivity index (χ1n) is 7.78. The Bertz CT molecular complexity index is 547. The molecule has 3 heterocycles. The van der Waals surface area contributed by atoms with Crippen LogP contribution in [0.2, 0.25) is 0 Å². The van der Waals surface area contributed by atoms with Crippen molar-refractivity contribution < 1.29 is 23.5 Å². The molecule has 0 unspecified atom stereocenters. The first-order valence-corrected chi connectivity index (χ1v) is 7.78. The molecule has 0 N–H and O–H groups in total. The highest BCUT2D eigenvalue weighted by Gasteiger charge is 2.39. The summed E-state index contributed by atoms with van der Waals surface area (Å²) in [5, 5.41) is 0. The van der Waals surface area contributed by atoms with Gasteiger partial charge in [-0.2, -0.15) is 0 Å². The highest BCUT2D eigenvalue weighted by atomic mass is 16.5. The smallest absolute Gasteiger partial charge is 0.291 e. The number of amides is 2. The molecule has 2 aliphatic rings. The standard InChI is InChI=1S/C15H21N3O5/c1-21-7-6-18-11-2-4-17(15(20)13-8-16-10-23-13)5-3-12(11)22-9-14(18)19/h8,10-12H,2-7,9H2,1H3/t11-,12-/m0/s1. The van der Waals surface area contributed by atoms with Crippen LogP contribution in [0.15, 0.2) is 17.0 Å². The van der Waals surface area contributed by atoms with Crippen molar-refractivity contribution >= 4 is 11.8 Å². The quantitative estimate of drug-likeness (QED) is 0.784. The van der Waals surface area contributed by atoms with E-state index < -0.39 is 0 Å². The topological polar surface area (TPSA) is 85.1 Å². The summed E-state index contributed by atoms with van der Waals surface area (Å²) in [5.74, 6) is 0.0531. The normalized spacial score (nSPS) is 25.2. The summed E-state index contributed by atoms with van der Waals surface area (Å²) < 4.78 is 15.9. The minimum absolute atomic E-state index is 0.0149. The predicted octanol–water partition coefficient (Wildman–Crippen LogP) is 0.153. The van der Waals surface area contributed by atoms with Gasteiger partial charge in [-0.15, -0.1) is 0 Å². The molecule has 2 aliphatic heterocycles. The zero-order valence-corrected chi connectivity index (χ0v) is 13.1.